The van der Waals surface area contributed by atoms with Crippen LogP contribution in [0.4, 0.5) is 0 Å². The molecule has 3 aromatic rings. The quantitative estimate of drug-likeness (QED) is 0.453. The second kappa shape index (κ2) is 10.8. The van der Waals surface area contributed by atoms with Gasteiger partial charge in [0.15, 0.2) is 17.3 Å². The van der Waals surface area contributed by atoms with Gasteiger partial charge in [-0.1, -0.05) is 18.2 Å². The Morgan fingerprint density at radius 2 is 2.03 bits per heavy atom. The van der Waals surface area contributed by atoms with Crippen molar-refractivity contribution in [2.45, 2.75) is 32.6 Å². The molecule has 4 rings (SSSR count). The molecule has 0 aliphatic carbocycles. The first kappa shape index (κ1) is 23.9. The molecule has 0 fully saturated rings. The lowest BCUT2D eigenvalue weighted by atomic mass is 10.0. The molecule has 0 radical (unpaired) electrons. The van der Waals surface area contributed by atoms with Crippen LogP contribution in [0.2, 0.25) is 0 Å². The predicted molar refractivity (Wildman–Crippen MR) is 133 cm³/mol. The highest BCUT2D eigenvalue weighted by Gasteiger charge is 2.22. The Hall–Kier alpha value is -3.23. The van der Waals surface area contributed by atoms with Crippen molar-refractivity contribution in [1.29, 1.82) is 0 Å². The number of hydrogen-bond acceptors (Lipinski definition) is 7. The summed E-state index contributed by atoms with van der Waals surface area (Å²) in [6.45, 7) is 2.68. The highest BCUT2D eigenvalue weighted by molar-refractivity contribution is 7.17. The molecular weight excluding hydrogens is 452 g/mol. The van der Waals surface area contributed by atoms with E-state index in [1.165, 1.54) is 27.8 Å². The van der Waals surface area contributed by atoms with E-state index in [9.17, 15) is 9.59 Å². The molecule has 0 spiro atoms. The maximum atomic E-state index is 12.9. The van der Waals surface area contributed by atoms with Crippen LogP contribution in [-0.2, 0) is 4.79 Å². The fourth-order valence-electron chi connectivity index (χ4n) is 4.05. The number of methoxy groups -OCH3 is 1. The standard InChI is InChI=1S/C26H28N2O5S/c1-17-5-3-6-19-20(16-34-26(17)19)21-7-4-12-28(27-21)25(31)11-9-22(30)18-8-10-23(33-14-13-29)24(15-18)32-2/h3,5-6,8,10,15-16,29H,4,7,9,11-14H2,1-2H3. The first-order chi connectivity index (χ1) is 16.5. The average molecular weight is 481 g/mol. The summed E-state index contributed by atoms with van der Waals surface area (Å²) in [4.78, 5) is 25.6. The minimum absolute atomic E-state index is 0.0841. The molecule has 1 aromatic heterocycles. The zero-order valence-corrected chi connectivity index (χ0v) is 20.2. The van der Waals surface area contributed by atoms with Gasteiger partial charge in [-0.15, -0.1) is 11.3 Å². The number of carbonyl (C=O) groups is 2. The Bertz CT molecular complexity index is 1230. The molecule has 1 N–H and O–H groups in total. The van der Waals surface area contributed by atoms with Gasteiger partial charge in [-0.2, -0.15) is 5.10 Å². The number of Topliss-reactive ketones (excluding diaryl/α,β-unsaturated/α-hetero) is 1. The maximum absolute atomic E-state index is 12.9. The van der Waals surface area contributed by atoms with Crippen LogP contribution in [0.3, 0.4) is 0 Å². The van der Waals surface area contributed by atoms with Gasteiger partial charge in [0, 0.05) is 46.0 Å². The third-order valence-corrected chi connectivity index (χ3v) is 6.95. The molecule has 0 bridgehead atoms. The van der Waals surface area contributed by atoms with E-state index in [2.05, 4.69) is 29.5 Å². The molecule has 2 heterocycles. The van der Waals surface area contributed by atoms with Gasteiger partial charge in [0.25, 0.3) is 0 Å². The lowest BCUT2D eigenvalue weighted by Crippen LogP contribution is -2.32. The van der Waals surface area contributed by atoms with E-state index in [-0.39, 0.29) is 37.7 Å². The van der Waals surface area contributed by atoms with Gasteiger partial charge >= 0.3 is 0 Å². The van der Waals surface area contributed by atoms with Crippen LogP contribution in [-0.4, -0.2) is 54.4 Å². The highest BCUT2D eigenvalue weighted by atomic mass is 32.1. The number of aliphatic hydroxyl groups excluding tert-OH is 1. The second-order valence-corrected chi connectivity index (χ2v) is 9.01. The van der Waals surface area contributed by atoms with Crippen LogP contribution in [0.25, 0.3) is 10.1 Å². The third kappa shape index (κ3) is 5.13. The van der Waals surface area contributed by atoms with Crippen molar-refractivity contribution in [2.24, 2.45) is 5.10 Å². The van der Waals surface area contributed by atoms with E-state index >= 15 is 0 Å². The largest absolute Gasteiger partial charge is 0.493 e. The van der Waals surface area contributed by atoms with Crippen molar-refractivity contribution in [3.05, 3.63) is 58.5 Å². The molecule has 2 aromatic carbocycles. The molecule has 1 amide bonds. The number of ether oxygens (including phenoxy) is 2. The molecule has 34 heavy (non-hydrogen) atoms. The van der Waals surface area contributed by atoms with Crippen molar-refractivity contribution in [1.82, 2.24) is 5.01 Å². The van der Waals surface area contributed by atoms with Crippen LogP contribution < -0.4 is 9.47 Å². The number of aryl methyl sites for hydroxylation is 1. The Kier molecular flexibility index (Phi) is 7.59. The first-order valence-electron chi connectivity index (χ1n) is 11.3. The van der Waals surface area contributed by atoms with Gasteiger partial charge in [0.05, 0.1) is 19.4 Å². The van der Waals surface area contributed by atoms with Crippen molar-refractivity contribution >= 4 is 38.8 Å². The van der Waals surface area contributed by atoms with Crippen LogP contribution in [0.15, 0.2) is 46.9 Å². The lowest BCUT2D eigenvalue weighted by molar-refractivity contribution is -0.131. The molecular formula is C26H28N2O5S. The number of benzene rings is 2. The normalized spacial score (nSPS) is 13.6. The van der Waals surface area contributed by atoms with E-state index in [1.807, 2.05) is 6.07 Å². The number of rotatable bonds is 9. The fourth-order valence-corrected chi connectivity index (χ4v) is 5.10. The second-order valence-electron chi connectivity index (χ2n) is 8.13. The third-order valence-electron chi connectivity index (χ3n) is 5.82. The Morgan fingerprint density at radius 1 is 1.18 bits per heavy atom. The molecule has 8 heteroatoms. The van der Waals surface area contributed by atoms with Crippen LogP contribution in [0, 0.1) is 6.92 Å². The number of amides is 1. The summed E-state index contributed by atoms with van der Waals surface area (Å²) in [6.07, 6.45) is 1.84. The number of carbonyl (C=O) groups excluding carboxylic acids is 2. The molecule has 7 nitrogen and oxygen atoms in total. The van der Waals surface area contributed by atoms with E-state index < -0.39 is 0 Å². The average Bonchev–Trinajstić information content (AvgIpc) is 3.31. The predicted octanol–water partition coefficient (Wildman–Crippen LogP) is 4.58. The van der Waals surface area contributed by atoms with E-state index in [0.29, 0.717) is 23.6 Å². The van der Waals surface area contributed by atoms with E-state index in [1.54, 1.807) is 29.5 Å². The van der Waals surface area contributed by atoms with Crippen LogP contribution >= 0.6 is 11.3 Å². The lowest BCUT2D eigenvalue weighted by Gasteiger charge is -2.23. The summed E-state index contributed by atoms with van der Waals surface area (Å²) >= 11 is 1.70. The van der Waals surface area contributed by atoms with Crippen molar-refractivity contribution in [3.63, 3.8) is 0 Å². The minimum atomic E-state index is -0.156. The Morgan fingerprint density at radius 3 is 2.82 bits per heavy atom. The van der Waals surface area contributed by atoms with Gasteiger partial charge < -0.3 is 14.6 Å². The summed E-state index contributed by atoms with van der Waals surface area (Å²) in [7, 11) is 1.49. The molecule has 0 saturated heterocycles. The number of nitrogens with zero attached hydrogens (tertiary/aromatic N) is 2. The number of ketones is 1. The van der Waals surface area contributed by atoms with Gasteiger partial charge in [0.2, 0.25) is 5.91 Å². The van der Waals surface area contributed by atoms with E-state index in [4.69, 9.17) is 14.6 Å². The summed E-state index contributed by atoms with van der Waals surface area (Å²) < 4.78 is 11.9. The summed E-state index contributed by atoms with van der Waals surface area (Å²) in [5.41, 5.74) is 3.70. The smallest absolute Gasteiger partial charge is 0.243 e. The topological polar surface area (TPSA) is 88.4 Å². The summed E-state index contributed by atoms with van der Waals surface area (Å²) in [5.74, 6) is 0.557. The van der Waals surface area contributed by atoms with Gasteiger partial charge in [-0.25, -0.2) is 5.01 Å². The SMILES string of the molecule is COc1cc(C(=O)CCC(=O)N2CCCC(c3csc4c(C)cccc34)=N2)ccc1OCCO. The van der Waals surface area contributed by atoms with Crippen molar-refractivity contribution in [3.8, 4) is 11.5 Å². The van der Waals surface area contributed by atoms with Crippen LogP contribution in [0.1, 0.15) is 47.2 Å². The fraction of sp³-hybridized carbons (Fsp3) is 0.346. The monoisotopic (exact) mass is 480 g/mol. The number of thiophene rings is 1. The molecule has 1 aliphatic heterocycles. The first-order valence-corrected chi connectivity index (χ1v) is 12.2. The van der Waals surface area contributed by atoms with Crippen LogP contribution in [0.5, 0.6) is 11.5 Å². The van der Waals surface area contributed by atoms with Gasteiger partial charge in [-0.05, 0) is 43.5 Å². The van der Waals surface area contributed by atoms with Crippen molar-refractivity contribution < 1.29 is 24.2 Å². The molecule has 178 valence electrons. The minimum Gasteiger partial charge on any atom is -0.493 e. The zero-order valence-electron chi connectivity index (χ0n) is 19.4. The number of aliphatic hydroxyl groups is 1. The summed E-state index contributed by atoms with van der Waals surface area (Å²) in [6, 6.07) is 11.1. The number of hydrogen-bond donors (Lipinski definition) is 1. The number of fused-ring (bicyclic) bond motifs is 1. The summed E-state index contributed by atoms with van der Waals surface area (Å²) in [5, 5.41) is 18.4. The Labute approximate surface area is 202 Å². The number of hydrazone groups is 1. The van der Waals surface area contributed by atoms with E-state index in [0.717, 1.165) is 24.1 Å². The highest BCUT2D eigenvalue weighted by Crippen LogP contribution is 2.31. The maximum Gasteiger partial charge on any atom is 0.243 e. The van der Waals surface area contributed by atoms with Crippen molar-refractivity contribution in [2.75, 3.05) is 26.9 Å². The zero-order chi connectivity index (χ0) is 24.1. The molecule has 0 unspecified atom stereocenters. The Balaban J connectivity index is 1.42. The van der Waals surface area contributed by atoms with Gasteiger partial charge in [-0.3, -0.25) is 9.59 Å². The molecule has 0 saturated carbocycles. The van der Waals surface area contributed by atoms with Gasteiger partial charge in [0.1, 0.15) is 6.61 Å². The molecule has 0 atom stereocenters. The molecule has 1 aliphatic rings.